The maximum atomic E-state index is 7.07. The Kier molecular flexibility index (Phi) is 9.19. The number of nitrogens with zero attached hydrogens (tertiary/aromatic N) is 2. The van der Waals surface area contributed by atoms with Gasteiger partial charge in [0.2, 0.25) is 0 Å². The zero-order valence-corrected chi connectivity index (χ0v) is 37.9. The number of hydrogen-bond donors (Lipinski definition) is 0. The molecule has 68 heavy (non-hydrogen) atoms. The lowest BCUT2D eigenvalue weighted by Crippen LogP contribution is -2.24. The van der Waals surface area contributed by atoms with Crippen LogP contribution >= 0.6 is 0 Å². The molecule has 1 heterocycles. The van der Waals surface area contributed by atoms with Gasteiger partial charge >= 0.3 is 0 Å². The molecule has 11 aromatic carbocycles. The fraction of sp³-hybridized carbons (Fsp3) is 0.0462. The molecule has 3 heteroatoms. The topological polar surface area (TPSA) is 19.6 Å². The van der Waals surface area contributed by atoms with Crippen molar-refractivity contribution in [2.75, 3.05) is 9.80 Å². The molecule has 1 aliphatic rings. The summed E-state index contributed by atoms with van der Waals surface area (Å²) in [5, 5.41) is 7.23. The molecule has 3 nitrogen and oxygen atoms in total. The van der Waals surface area contributed by atoms with Crippen LogP contribution in [0.4, 0.5) is 34.1 Å². The van der Waals surface area contributed by atoms with Gasteiger partial charge in [0.05, 0.1) is 5.69 Å². The summed E-state index contributed by atoms with van der Waals surface area (Å²) in [5.74, 6) is 0. The van der Waals surface area contributed by atoms with Gasteiger partial charge in [-0.15, -0.1) is 0 Å². The number of fused-ring (bicyclic) bond motifs is 7. The summed E-state index contributed by atoms with van der Waals surface area (Å²) < 4.78 is 7.07. The molecule has 0 saturated heterocycles. The summed E-state index contributed by atoms with van der Waals surface area (Å²) in [7, 11) is 0. The van der Waals surface area contributed by atoms with E-state index in [4.69, 9.17) is 4.42 Å². The van der Waals surface area contributed by atoms with Gasteiger partial charge in [-0.25, -0.2) is 0 Å². The van der Waals surface area contributed by atoms with Crippen LogP contribution in [0, 0.1) is 0 Å². The van der Waals surface area contributed by atoms with E-state index in [2.05, 4.69) is 266 Å². The fourth-order valence-corrected chi connectivity index (χ4v) is 11.1. The van der Waals surface area contributed by atoms with Crippen molar-refractivity contribution in [3.8, 4) is 33.4 Å². The zero-order chi connectivity index (χ0) is 45.3. The van der Waals surface area contributed by atoms with Crippen molar-refractivity contribution in [1.82, 2.24) is 0 Å². The summed E-state index contributed by atoms with van der Waals surface area (Å²) in [4.78, 5) is 4.75. The van der Waals surface area contributed by atoms with Crippen LogP contribution in [0.2, 0.25) is 0 Å². The lowest BCUT2D eigenvalue weighted by atomic mass is 9.66. The first-order valence-electron chi connectivity index (χ1n) is 23.5. The average molecular weight is 871 g/mol. The van der Waals surface area contributed by atoms with E-state index in [-0.39, 0.29) is 5.41 Å². The van der Waals surface area contributed by atoms with Crippen molar-refractivity contribution in [2.24, 2.45) is 0 Å². The first-order valence-corrected chi connectivity index (χ1v) is 23.5. The first-order chi connectivity index (χ1) is 33.5. The van der Waals surface area contributed by atoms with Gasteiger partial charge in [0, 0.05) is 50.2 Å². The maximum Gasteiger partial charge on any atom is 0.159 e. The van der Waals surface area contributed by atoms with Crippen LogP contribution in [0.25, 0.3) is 76.9 Å². The molecule has 0 radical (unpaired) electrons. The van der Waals surface area contributed by atoms with Crippen molar-refractivity contribution in [3.05, 3.63) is 254 Å². The zero-order valence-electron chi connectivity index (χ0n) is 37.9. The Morgan fingerprint density at radius 1 is 0.324 bits per heavy atom. The van der Waals surface area contributed by atoms with Crippen LogP contribution in [0.3, 0.4) is 0 Å². The standard InChI is InChI=1S/C65H46N2O/c1-65(2)57-35-19-32-51-56-41-48(66(45-25-12-5-13-26-45)46-27-14-6-15-28-46)37-39-52(56)60(44-23-10-4-11-24-44)62(61(51)57)55-40-38-49(42-58(55)65)67(47-29-16-7-17-30-47)59-36-20-34-54-53-33-18-31-50(63(53)68-64(54)59)43-21-8-3-9-22-43/h3-42H,1-2H3. The van der Waals surface area contributed by atoms with Crippen molar-refractivity contribution in [1.29, 1.82) is 0 Å². The molecular weight excluding hydrogens is 825 g/mol. The summed E-state index contributed by atoms with van der Waals surface area (Å²) in [6.07, 6.45) is 0. The quantitative estimate of drug-likeness (QED) is 0.142. The van der Waals surface area contributed by atoms with E-state index in [9.17, 15) is 0 Å². The van der Waals surface area contributed by atoms with Crippen molar-refractivity contribution in [2.45, 2.75) is 19.3 Å². The molecule has 0 spiro atoms. The Bertz CT molecular complexity index is 3820. The summed E-state index contributed by atoms with van der Waals surface area (Å²) in [6.45, 7) is 4.81. The Hall–Kier alpha value is -8.66. The van der Waals surface area contributed by atoms with Crippen LogP contribution < -0.4 is 9.80 Å². The third-order valence-corrected chi connectivity index (χ3v) is 14.2. The molecule has 0 aliphatic heterocycles. The predicted octanol–water partition coefficient (Wildman–Crippen LogP) is 18.5. The minimum absolute atomic E-state index is 0.352. The van der Waals surface area contributed by atoms with E-state index in [1.165, 1.54) is 54.9 Å². The highest BCUT2D eigenvalue weighted by Crippen LogP contribution is 2.56. The molecule has 1 aliphatic carbocycles. The molecule has 0 fully saturated rings. The normalized spacial score (nSPS) is 12.7. The number of furan rings is 1. The third kappa shape index (κ3) is 6.20. The summed E-state index contributed by atoms with van der Waals surface area (Å²) >= 11 is 0. The van der Waals surface area contributed by atoms with Gasteiger partial charge in [0.25, 0.3) is 0 Å². The predicted molar refractivity (Wildman–Crippen MR) is 287 cm³/mol. The van der Waals surface area contributed by atoms with Gasteiger partial charge in [-0.1, -0.05) is 190 Å². The molecular formula is C65H46N2O. The molecule has 0 unspecified atom stereocenters. The smallest absolute Gasteiger partial charge is 0.159 e. The summed E-state index contributed by atoms with van der Waals surface area (Å²) in [6, 6.07) is 87.9. The van der Waals surface area contributed by atoms with Gasteiger partial charge in [0.15, 0.2) is 5.58 Å². The second kappa shape index (κ2) is 15.8. The number of para-hydroxylation sites is 5. The monoisotopic (exact) mass is 870 g/mol. The van der Waals surface area contributed by atoms with E-state index < -0.39 is 0 Å². The van der Waals surface area contributed by atoms with Crippen LogP contribution in [0.1, 0.15) is 25.0 Å². The average Bonchev–Trinajstić information content (AvgIpc) is 3.79. The van der Waals surface area contributed by atoms with Gasteiger partial charge < -0.3 is 14.2 Å². The maximum absolute atomic E-state index is 7.07. The van der Waals surface area contributed by atoms with E-state index in [0.29, 0.717) is 0 Å². The SMILES string of the molecule is CC1(C)c2cc(N(c3ccccc3)c3cccc4c3oc3c(-c5ccccc5)cccc34)ccc2-c2c(-c3ccccc3)c3ccc(N(c4ccccc4)c4ccccc4)cc3c3cccc1c23. The van der Waals surface area contributed by atoms with E-state index >= 15 is 0 Å². The van der Waals surface area contributed by atoms with E-state index in [0.717, 1.165) is 67.2 Å². The molecule has 1 aromatic heterocycles. The molecule has 0 bridgehead atoms. The van der Waals surface area contributed by atoms with Crippen molar-refractivity contribution >= 4 is 77.6 Å². The first kappa shape index (κ1) is 39.7. The lowest BCUT2D eigenvalue weighted by molar-refractivity contribution is 0.645. The van der Waals surface area contributed by atoms with E-state index in [1.54, 1.807) is 0 Å². The van der Waals surface area contributed by atoms with Crippen LogP contribution in [-0.4, -0.2) is 0 Å². The largest absolute Gasteiger partial charge is 0.453 e. The van der Waals surface area contributed by atoms with E-state index in [1.807, 2.05) is 0 Å². The number of rotatable bonds is 8. The molecule has 322 valence electrons. The van der Waals surface area contributed by atoms with Crippen LogP contribution in [-0.2, 0) is 5.41 Å². The Balaban J connectivity index is 1.05. The Morgan fingerprint density at radius 2 is 0.853 bits per heavy atom. The molecule has 0 atom stereocenters. The molecule has 0 saturated carbocycles. The van der Waals surface area contributed by atoms with Gasteiger partial charge in [-0.05, 0) is 127 Å². The molecule has 13 rings (SSSR count). The van der Waals surface area contributed by atoms with Crippen molar-refractivity contribution < 1.29 is 4.42 Å². The van der Waals surface area contributed by atoms with Crippen molar-refractivity contribution in [3.63, 3.8) is 0 Å². The fourth-order valence-electron chi connectivity index (χ4n) is 11.1. The molecule has 0 N–H and O–H groups in total. The lowest BCUT2D eigenvalue weighted by Gasteiger charge is -2.38. The van der Waals surface area contributed by atoms with Gasteiger partial charge in [0.1, 0.15) is 5.58 Å². The Morgan fingerprint density at radius 3 is 1.51 bits per heavy atom. The second-order valence-corrected chi connectivity index (χ2v) is 18.4. The minimum atomic E-state index is -0.352. The highest BCUT2D eigenvalue weighted by molar-refractivity contribution is 6.24. The second-order valence-electron chi connectivity index (χ2n) is 18.4. The number of benzene rings is 11. The summed E-state index contributed by atoms with van der Waals surface area (Å²) in [5.41, 5.74) is 17.7. The molecule has 0 amide bonds. The van der Waals surface area contributed by atoms with Gasteiger partial charge in [-0.2, -0.15) is 0 Å². The molecule has 12 aromatic rings. The minimum Gasteiger partial charge on any atom is -0.453 e. The third-order valence-electron chi connectivity index (χ3n) is 14.2. The van der Waals surface area contributed by atoms with Crippen LogP contribution in [0.5, 0.6) is 0 Å². The number of anilines is 6. The van der Waals surface area contributed by atoms with Gasteiger partial charge in [-0.3, -0.25) is 0 Å². The Labute approximate surface area is 396 Å². The highest BCUT2D eigenvalue weighted by Gasteiger charge is 2.37. The van der Waals surface area contributed by atoms with Crippen LogP contribution in [0.15, 0.2) is 247 Å². The number of hydrogen-bond acceptors (Lipinski definition) is 3. The highest BCUT2D eigenvalue weighted by atomic mass is 16.3.